The minimum Gasteiger partial charge on any atom is -0.363 e. The summed E-state index contributed by atoms with van der Waals surface area (Å²) in [4.78, 5) is 17.6. The highest BCUT2D eigenvalue weighted by molar-refractivity contribution is 6.16. The predicted molar refractivity (Wildman–Crippen MR) is 113 cm³/mol. The fourth-order valence-corrected chi connectivity index (χ4v) is 4.11. The van der Waals surface area contributed by atoms with Crippen LogP contribution < -0.4 is 5.32 Å². The van der Waals surface area contributed by atoms with Crippen molar-refractivity contribution in [3.8, 4) is 0 Å². The fraction of sp³-hybridized carbons (Fsp3) is 0.120. The van der Waals surface area contributed by atoms with Crippen molar-refractivity contribution in [2.45, 2.75) is 18.9 Å². The Morgan fingerprint density at radius 2 is 1.80 bits per heavy atom. The lowest BCUT2D eigenvalue weighted by atomic mass is 9.99. The molecule has 0 fully saturated rings. The van der Waals surface area contributed by atoms with Gasteiger partial charge in [-0.3, -0.25) is 4.79 Å². The molecule has 1 aliphatic carbocycles. The van der Waals surface area contributed by atoms with Gasteiger partial charge >= 0.3 is 0 Å². The Hall–Kier alpha value is -3.60. The lowest BCUT2D eigenvalue weighted by Gasteiger charge is -2.15. The molecule has 0 bridgehead atoms. The molecule has 148 valence electrons. The van der Waals surface area contributed by atoms with Gasteiger partial charge in [-0.2, -0.15) is 0 Å². The van der Waals surface area contributed by atoms with Crippen LogP contribution in [0.2, 0.25) is 0 Å². The standard InChI is InChI=1S/C25H18F2N2O/c26-20-11-8-16(14-21(20)27)25(30)19-6-3-7-22-18(19)10-13-24(28-22)29-23-12-9-15-4-1-2-5-17(15)23/h1-8,10-11,13-14,23H,9,12H2,(H,28,29). The number of nitrogens with zero attached hydrogens (tertiary/aromatic N) is 1. The number of rotatable bonds is 4. The Bertz CT molecular complexity index is 1290. The van der Waals surface area contributed by atoms with Crippen LogP contribution in [0.15, 0.2) is 72.8 Å². The third kappa shape index (κ3) is 3.22. The van der Waals surface area contributed by atoms with E-state index in [2.05, 4.69) is 28.5 Å². The molecule has 0 spiro atoms. The summed E-state index contributed by atoms with van der Waals surface area (Å²) in [6.07, 6.45) is 2.04. The number of aromatic nitrogens is 1. The number of halogens is 2. The van der Waals surface area contributed by atoms with Crippen molar-refractivity contribution in [1.82, 2.24) is 4.98 Å². The molecule has 1 aliphatic rings. The SMILES string of the molecule is O=C(c1ccc(F)c(F)c1)c1cccc2nc(NC3CCc4ccccc43)ccc12. The summed E-state index contributed by atoms with van der Waals surface area (Å²) in [5.74, 6) is -1.65. The average Bonchev–Trinajstić information content (AvgIpc) is 3.17. The highest BCUT2D eigenvalue weighted by atomic mass is 19.2. The molecule has 1 atom stereocenters. The molecule has 0 saturated heterocycles. The summed E-state index contributed by atoms with van der Waals surface area (Å²) < 4.78 is 26.8. The van der Waals surface area contributed by atoms with Crippen molar-refractivity contribution in [3.63, 3.8) is 0 Å². The monoisotopic (exact) mass is 400 g/mol. The molecule has 0 saturated carbocycles. The first kappa shape index (κ1) is 18.4. The Morgan fingerprint density at radius 3 is 2.67 bits per heavy atom. The van der Waals surface area contributed by atoms with E-state index in [4.69, 9.17) is 0 Å². The minimum atomic E-state index is -1.04. The van der Waals surface area contributed by atoms with E-state index in [1.165, 1.54) is 17.2 Å². The molecule has 0 amide bonds. The van der Waals surface area contributed by atoms with Crippen LogP contribution in [0.4, 0.5) is 14.6 Å². The van der Waals surface area contributed by atoms with Gasteiger partial charge in [-0.25, -0.2) is 13.8 Å². The number of aryl methyl sites for hydroxylation is 1. The summed E-state index contributed by atoms with van der Waals surface area (Å²) in [6.45, 7) is 0. The van der Waals surface area contributed by atoms with Crippen LogP contribution in [0, 0.1) is 11.6 Å². The van der Waals surface area contributed by atoms with E-state index in [-0.39, 0.29) is 17.4 Å². The molecule has 0 aliphatic heterocycles. The van der Waals surface area contributed by atoms with E-state index >= 15 is 0 Å². The molecule has 3 nitrogen and oxygen atoms in total. The first-order valence-electron chi connectivity index (χ1n) is 9.84. The Kier molecular flexibility index (Phi) is 4.51. The van der Waals surface area contributed by atoms with Gasteiger partial charge in [0.2, 0.25) is 0 Å². The number of carbonyl (C=O) groups is 1. The van der Waals surface area contributed by atoms with E-state index in [1.807, 2.05) is 24.3 Å². The maximum atomic E-state index is 13.6. The third-order valence-electron chi connectivity index (χ3n) is 5.61. The van der Waals surface area contributed by atoms with Crippen LogP contribution in [-0.2, 0) is 6.42 Å². The van der Waals surface area contributed by atoms with E-state index in [0.717, 1.165) is 30.8 Å². The van der Waals surface area contributed by atoms with Crippen molar-refractivity contribution < 1.29 is 13.6 Å². The normalized spacial score (nSPS) is 15.2. The molecule has 1 heterocycles. The van der Waals surface area contributed by atoms with Gasteiger partial charge in [0.1, 0.15) is 5.82 Å². The van der Waals surface area contributed by atoms with E-state index in [9.17, 15) is 13.6 Å². The zero-order valence-electron chi connectivity index (χ0n) is 16.0. The molecule has 3 aromatic carbocycles. The summed E-state index contributed by atoms with van der Waals surface area (Å²) in [5.41, 5.74) is 3.83. The quantitative estimate of drug-likeness (QED) is 0.438. The van der Waals surface area contributed by atoms with E-state index in [1.54, 1.807) is 12.1 Å². The molecule has 5 rings (SSSR count). The van der Waals surface area contributed by atoms with Gasteiger partial charge in [-0.05, 0) is 60.4 Å². The molecule has 1 unspecified atom stereocenters. The van der Waals surface area contributed by atoms with Crippen LogP contribution in [0.3, 0.4) is 0 Å². The second-order valence-corrected chi connectivity index (χ2v) is 7.46. The topological polar surface area (TPSA) is 42.0 Å². The second kappa shape index (κ2) is 7.34. The second-order valence-electron chi connectivity index (χ2n) is 7.46. The van der Waals surface area contributed by atoms with Gasteiger partial charge in [0.15, 0.2) is 17.4 Å². The van der Waals surface area contributed by atoms with Crippen molar-refractivity contribution in [3.05, 3.63) is 107 Å². The summed E-state index contributed by atoms with van der Waals surface area (Å²) in [6, 6.07) is 20.7. The fourth-order valence-electron chi connectivity index (χ4n) is 4.11. The molecule has 0 radical (unpaired) electrons. The highest BCUT2D eigenvalue weighted by Crippen LogP contribution is 2.33. The number of hydrogen-bond donors (Lipinski definition) is 1. The van der Waals surface area contributed by atoms with E-state index in [0.29, 0.717) is 16.5 Å². The van der Waals surface area contributed by atoms with Crippen molar-refractivity contribution in [2.24, 2.45) is 0 Å². The van der Waals surface area contributed by atoms with E-state index < -0.39 is 11.6 Å². The number of benzene rings is 3. The first-order chi connectivity index (χ1) is 14.6. The first-order valence-corrected chi connectivity index (χ1v) is 9.84. The van der Waals surface area contributed by atoms with Crippen LogP contribution in [-0.4, -0.2) is 10.8 Å². The molecular formula is C25H18F2N2O. The van der Waals surface area contributed by atoms with Crippen LogP contribution in [0.1, 0.15) is 39.5 Å². The minimum absolute atomic E-state index is 0.103. The zero-order chi connectivity index (χ0) is 20.7. The van der Waals surface area contributed by atoms with Crippen molar-refractivity contribution >= 4 is 22.5 Å². The van der Waals surface area contributed by atoms with Crippen LogP contribution >= 0.6 is 0 Å². The number of carbonyl (C=O) groups excluding carboxylic acids is 1. The van der Waals surface area contributed by atoms with Crippen LogP contribution in [0.5, 0.6) is 0 Å². The van der Waals surface area contributed by atoms with Gasteiger partial charge in [0.25, 0.3) is 0 Å². The molecule has 1 N–H and O–H groups in total. The predicted octanol–water partition coefficient (Wildman–Crippen LogP) is 5.84. The van der Waals surface area contributed by atoms with Crippen molar-refractivity contribution in [1.29, 1.82) is 0 Å². The summed E-state index contributed by atoms with van der Waals surface area (Å²) in [5, 5.41) is 4.17. The Labute approximate surface area is 172 Å². The number of hydrogen-bond acceptors (Lipinski definition) is 3. The van der Waals surface area contributed by atoms with Crippen LogP contribution in [0.25, 0.3) is 10.9 Å². The average molecular weight is 400 g/mol. The number of pyridine rings is 1. The number of fused-ring (bicyclic) bond motifs is 2. The zero-order valence-corrected chi connectivity index (χ0v) is 16.0. The third-order valence-corrected chi connectivity index (χ3v) is 5.61. The van der Waals surface area contributed by atoms with Gasteiger partial charge < -0.3 is 5.32 Å². The lowest BCUT2D eigenvalue weighted by Crippen LogP contribution is -2.09. The van der Waals surface area contributed by atoms with Gasteiger partial charge in [-0.15, -0.1) is 0 Å². The molecule has 4 aromatic rings. The molecule has 30 heavy (non-hydrogen) atoms. The maximum absolute atomic E-state index is 13.6. The molecule has 5 heteroatoms. The Balaban J connectivity index is 1.47. The summed E-state index contributed by atoms with van der Waals surface area (Å²) >= 11 is 0. The van der Waals surface area contributed by atoms with Crippen molar-refractivity contribution in [2.75, 3.05) is 5.32 Å². The molecular weight excluding hydrogens is 382 g/mol. The smallest absolute Gasteiger partial charge is 0.193 e. The largest absolute Gasteiger partial charge is 0.363 e. The summed E-state index contributed by atoms with van der Waals surface area (Å²) in [7, 11) is 0. The lowest BCUT2D eigenvalue weighted by molar-refractivity contribution is 0.103. The van der Waals surface area contributed by atoms with Gasteiger partial charge in [0, 0.05) is 16.5 Å². The number of nitrogens with one attached hydrogen (secondary N) is 1. The molecule has 1 aromatic heterocycles. The highest BCUT2D eigenvalue weighted by Gasteiger charge is 2.22. The van der Waals surface area contributed by atoms with Gasteiger partial charge in [-0.1, -0.05) is 36.4 Å². The van der Waals surface area contributed by atoms with Gasteiger partial charge in [0.05, 0.1) is 11.6 Å². The maximum Gasteiger partial charge on any atom is 0.193 e. The Morgan fingerprint density at radius 1 is 0.933 bits per heavy atom. The number of anilines is 1. The number of ketones is 1.